The van der Waals surface area contributed by atoms with Gasteiger partial charge in [0, 0.05) is 6.54 Å². The second-order valence-corrected chi connectivity index (χ2v) is 4.57. The Morgan fingerprint density at radius 2 is 2.09 bits per heavy atom. The summed E-state index contributed by atoms with van der Waals surface area (Å²) in [6.45, 7) is 8.74. The van der Waals surface area contributed by atoms with Gasteiger partial charge in [0.1, 0.15) is 6.23 Å². The molecule has 1 unspecified atom stereocenters. The van der Waals surface area contributed by atoms with E-state index in [2.05, 4.69) is 32.7 Å². The van der Waals surface area contributed by atoms with E-state index in [-0.39, 0.29) is 0 Å². The normalized spacial score (nSPS) is 27.8. The number of likely N-dealkylation sites (N-methyl/N-ethyl adjacent to an activating group) is 1. The Morgan fingerprint density at radius 1 is 1.45 bits per heavy atom. The van der Waals surface area contributed by atoms with Crippen LogP contribution in [0.15, 0.2) is 0 Å². The van der Waals surface area contributed by atoms with Gasteiger partial charge in [-0.05, 0) is 18.9 Å². The Hall–Kier alpha value is -0.0800. The predicted octanol–water partition coefficient (Wildman–Crippen LogP) is 1.71. The van der Waals surface area contributed by atoms with Crippen molar-refractivity contribution < 1.29 is 4.74 Å². The van der Waals surface area contributed by atoms with Gasteiger partial charge in [-0.25, -0.2) is 0 Å². The van der Waals surface area contributed by atoms with Gasteiger partial charge in [-0.1, -0.05) is 20.8 Å². The largest absolute Gasteiger partial charge is 0.362 e. The molecular weight excluding hydrogens is 138 g/mol. The number of rotatable bonds is 1. The molecule has 0 aromatic rings. The van der Waals surface area contributed by atoms with Crippen LogP contribution in [0.5, 0.6) is 0 Å². The van der Waals surface area contributed by atoms with Crippen molar-refractivity contribution in [1.82, 2.24) is 4.90 Å². The molecule has 2 heteroatoms. The summed E-state index contributed by atoms with van der Waals surface area (Å²) in [4.78, 5) is 2.28. The van der Waals surface area contributed by atoms with E-state index in [4.69, 9.17) is 4.74 Å². The molecule has 0 aromatic heterocycles. The summed E-state index contributed by atoms with van der Waals surface area (Å²) >= 11 is 0. The van der Waals surface area contributed by atoms with E-state index in [0.717, 1.165) is 19.6 Å². The molecule has 66 valence electrons. The highest BCUT2D eigenvalue weighted by Crippen LogP contribution is 2.25. The van der Waals surface area contributed by atoms with Crippen LogP contribution < -0.4 is 0 Å². The van der Waals surface area contributed by atoms with Crippen molar-refractivity contribution in [2.75, 3.05) is 20.2 Å². The molecule has 0 bridgehead atoms. The topological polar surface area (TPSA) is 12.5 Å². The molecule has 1 heterocycles. The van der Waals surface area contributed by atoms with Crippen molar-refractivity contribution in [3.63, 3.8) is 0 Å². The average Bonchev–Trinajstić information content (AvgIpc) is 2.12. The molecule has 0 N–H and O–H groups in total. The minimum Gasteiger partial charge on any atom is -0.362 e. The predicted molar refractivity (Wildman–Crippen MR) is 46.4 cm³/mol. The van der Waals surface area contributed by atoms with Crippen LogP contribution in [0.1, 0.15) is 27.2 Å². The summed E-state index contributed by atoms with van der Waals surface area (Å²) in [5.74, 6) is 0. The van der Waals surface area contributed by atoms with E-state index < -0.39 is 0 Å². The first-order chi connectivity index (χ1) is 4.99. The maximum absolute atomic E-state index is 5.57. The van der Waals surface area contributed by atoms with E-state index in [1.165, 1.54) is 0 Å². The summed E-state index contributed by atoms with van der Waals surface area (Å²) in [5, 5.41) is 0. The second-order valence-electron chi connectivity index (χ2n) is 4.57. The molecule has 0 spiro atoms. The fourth-order valence-corrected chi connectivity index (χ4v) is 1.34. The van der Waals surface area contributed by atoms with Crippen molar-refractivity contribution in [1.29, 1.82) is 0 Å². The van der Waals surface area contributed by atoms with Crippen LogP contribution in [0.25, 0.3) is 0 Å². The Labute approximate surface area is 69.5 Å². The van der Waals surface area contributed by atoms with Gasteiger partial charge in [-0.15, -0.1) is 0 Å². The molecule has 0 saturated carbocycles. The minimum atomic E-state index is 0.356. The maximum atomic E-state index is 5.57. The number of hydrogen-bond acceptors (Lipinski definition) is 2. The molecule has 1 aliphatic rings. The molecule has 0 aliphatic carbocycles. The molecule has 1 atom stereocenters. The lowest BCUT2D eigenvalue weighted by molar-refractivity contribution is 0.0142. The van der Waals surface area contributed by atoms with Crippen LogP contribution in [-0.2, 0) is 4.74 Å². The van der Waals surface area contributed by atoms with Crippen LogP contribution in [0.2, 0.25) is 0 Å². The fraction of sp³-hybridized carbons (Fsp3) is 1.00. The summed E-state index contributed by atoms with van der Waals surface area (Å²) in [6, 6.07) is 0. The maximum Gasteiger partial charge on any atom is 0.110 e. The van der Waals surface area contributed by atoms with Crippen LogP contribution in [-0.4, -0.2) is 31.3 Å². The smallest absolute Gasteiger partial charge is 0.110 e. The lowest BCUT2D eigenvalue weighted by Crippen LogP contribution is -2.30. The van der Waals surface area contributed by atoms with Crippen molar-refractivity contribution in [2.45, 2.75) is 33.4 Å². The number of hydrogen-bond donors (Lipinski definition) is 0. The molecule has 2 nitrogen and oxygen atoms in total. The molecule has 1 aliphatic heterocycles. The highest BCUT2D eigenvalue weighted by Gasteiger charge is 2.26. The zero-order valence-electron chi connectivity index (χ0n) is 8.05. The van der Waals surface area contributed by atoms with E-state index in [1.807, 2.05) is 0 Å². The third-order valence-electron chi connectivity index (χ3n) is 2.03. The highest BCUT2D eigenvalue weighted by molar-refractivity contribution is 4.72. The lowest BCUT2D eigenvalue weighted by Gasteiger charge is -2.26. The first-order valence-electron chi connectivity index (χ1n) is 4.31. The van der Waals surface area contributed by atoms with Crippen molar-refractivity contribution in [2.24, 2.45) is 5.41 Å². The molecular formula is C9H19NO. The monoisotopic (exact) mass is 157 g/mol. The Bertz CT molecular complexity index is 128. The van der Waals surface area contributed by atoms with Gasteiger partial charge in [-0.3, -0.25) is 4.90 Å². The van der Waals surface area contributed by atoms with Gasteiger partial charge in [-0.2, -0.15) is 0 Å². The van der Waals surface area contributed by atoms with Gasteiger partial charge >= 0.3 is 0 Å². The van der Waals surface area contributed by atoms with Crippen molar-refractivity contribution in [3.8, 4) is 0 Å². The van der Waals surface area contributed by atoms with Gasteiger partial charge in [0.15, 0.2) is 0 Å². The molecule has 0 radical (unpaired) electrons. The van der Waals surface area contributed by atoms with E-state index >= 15 is 0 Å². The lowest BCUT2D eigenvalue weighted by atomic mass is 9.91. The van der Waals surface area contributed by atoms with E-state index in [9.17, 15) is 0 Å². The van der Waals surface area contributed by atoms with E-state index in [1.54, 1.807) is 0 Å². The van der Waals surface area contributed by atoms with E-state index in [0.29, 0.717) is 11.6 Å². The molecule has 0 aromatic carbocycles. The quantitative estimate of drug-likeness (QED) is 0.574. The summed E-state index contributed by atoms with van der Waals surface area (Å²) < 4.78 is 5.57. The first-order valence-corrected chi connectivity index (χ1v) is 4.31. The zero-order valence-corrected chi connectivity index (χ0v) is 8.05. The van der Waals surface area contributed by atoms with Gasteiger partial charge in [0.25, 0.3) is 0 Å². The Balaban J connectivity index is 2.37. The molecule has 1 fully saturated rings. The summed E-state index contributed by atoms with van der Waals surface area (Å²) in [6.07, 6.45) is 1.48. The Kier molecular flexibility index (Phi) is 2.55. The minimum absolute atomic E-state index is 0.356. The highest BCUT2D eigenvalue weighted by atomic mass is 16.5. The molecule has 11 heavy (non-hydrogen) atoms. The third kappa shape index (κ3) is 2.80. The van der Waals surface area contributed by atoms with Gasteiger partial charge < -0.3 is 4.74 Å². The summed E-state index contributed by atoms with van der Waals surface area (Å²) in [7, 11) is 2.13. The van der Waals surface area contributed by atoms with Crippen LogP contribution >= 0.6 is 0 Å². The Morgan fingerprint density at radius 3 is 2.45 bits per heavy atom. The molecule has 1 saturated heterocycles. The van der Waals surface area contributed by atoms with Crippen molar-refractivity contribution in [3.05, 3.63) is 0 Å². The number of nitrogens with zero attached hydrogens (tertiary/aromatic N) is 1. The van der Waals surface area contributed by atoms with Gasteiger partial charge in [0.05, 0.1) is 6.61 Å². The van der Waals surface area contributed by atoms with Crippen LogP contribution in [0.3, 0.4) is 0 Å². The molecule has 0 amide bonds. The average molecular weight is 157 g/mol. The molecule has 1 rings (SSSR count). The van der Waals surface area contributed by atoms with Crippen molar-refractivity contribution >= 4 is 0 Å². The number of ether oxygens (including phenoxy) is 1. The zero-order chi connectivity index (χ0) is 8.48. The first kappa shape index (κ1) is 9.01. The third-order valence-corrected chi connectivity index (χ3v) is 2.03. The van der Waals surface area contributed by atoms with Crippen LogP contribution in [0.4, 0.5) is 0 Å². The van der Waals surface area contributed by atoms with Crippen LogP contribution in [0, 0.1) is 5.41 Å². The van der Waals surface area contributed by atoms with Gasteiger partial charge in [0.2, 0.25) is 0 Å². The fourth-order valence-electron chi connectivity index (χ4n) is 1.34. The second kappa shape index (κ2) is 3.11. The summed E-state index contributed by atoms with van der Waals surface area (Å²) in [5.41, 5.74) is 0.378. The standard InChI is InChI=1S/C9H19NO/c1-9(2,3)7-8-10(4)5-6-11-8/h8H,5-7H2,1-4H3. The SMILES string of the molecule is CN1CCOC1CC(C)(C)C.